The lowest BCUT2D eigenvalue weighted by Crippen LogP contribution is -2.51. The molecule has 2 aromatic heterocycles. The van der Waals surface area contributed by atoms with E-state index in [-0.39, 0.29) is 5.56 Å². The summed E-state index contributed by atoms with van der Waals surface area (Å²) in [5.41, 5.74) is 6.23. The molecule has 0 aliphatic carbocycles. The van der Waals surface area contributed by atoms with E-state index in [1.165, 1.54) is 42.4 Å². The molecule has 6 heteroatoms. The highest BCUT2D eigenvalue weighted by molar-refractivity contribution is 5.89. The fraction of sp³-hybridized carbons (Fsp3) is 0.517. The fourth-order valence-electron chi connectivity index (χ4n) is 6.78. The summed E-state index contributed by atoms with van der Waals surface area (Å²) >= 11 is 0. The first-order chi connectivity index (χ1) is 17.0. The van der Waals surface area contributed by atoms with Gasteiger partial charge in [-0.3, -0.25) is 14.3 Å². The van der Waals surface area contributed by atoms with Crippen molar-refractivity contribution in [2.75, 3.05) is 24.5 Å². The minimum Gasteiger partial charge on any atom is -0.367 e. The Kier molecular flexibility index (Phi) is 5.89. The average Bonchev–Trinajstić information content (AvgIpc) is 3.09. The molecule has 0 radical (unpaired) electrons. The zero-order chi connectivity index (χ0) is 24.1. The first-order valence-electron chi connectivity index (χ1n) is 13.3. The van der Waals surface area contributed by atoms with Crippen molar-refractivity contribution >= 4 is 16.7 Å². The molecule has 4 atom stereocenters. The largest absolute Gasteiger partial charge is 0.367 e. The molecule has 1 unspecified atom stereocenters. The molecule has 35 heavy (non-hydrogen) atoms. The van der Waals surface area contributed by atoms with Crippen LogP contribution in [0.25, 0.3) is 11.0 Å². The maximum absolute atomic E-state index is 12.7. The predicted octanol–water partition coefficient (Wildman–Crippen LogP) is 4.02. The molecule has 5 heterocycles. The van der Waals surface area contributed by atoms with Crippen LogP contribution in [0.15, 0.2) is 47.4 Å². The molecule has 184 valence electrons. The lowest BCUT2D eigenvalue weighted by atomic mass is 9.89. The van der Waals surface area contributed by atoms with Crippen molar-refractivity contribution in [2.24, 2.45) is 13.0 Å². The van der Waals surface area contributed by atoms with Crippen LogP contribution in [0, 0.1) is 5.92 Å². The van der Waals surface area contributed by atoms with Crippen molar-refractivity contribution in [3.8, 4) is 0 Å². The number of aromatic nitrogens is 2. The van der Waals surface area contributed by atoms with Gasteiger partial charge in [0.1, 0.15) is 5.65 Å². The molecule has 0 spiro atoms. The van der Waals surface area contributed by atoms with E-state index in [4.69, 9.17) is 0 Å². The Hall–Kier alpha value is -2.70. The van der Waals surface area contributed by atoms with E-state index in [0.717, 1.165) is 48.8 Å². The van der Waals surface area contributed by atoms with E-state index < -0.39 is 0 Å². The number of piperazine rings is 1. The van der Waals surface area contributed by atoms with Crippen LogP contribution in [-0.4, -0.2) is 46.2 Å². The topological polar surface area (TPSA) is 53.4 Å². The van der Waals surface area contributed by atoms with Crippen molar-refractivity contribution in [3.05, 3.63) is 69.6 Å². The summed E-state index contributed by atoms with van der Waals surface area (Å²) in [4.78, 5) is 22.3. The van der Waals surface area contributed by atoms with Gasteiger partial charge < -0.3 is 10.2 Å². The van der Waals surface area contributed by atoms with Gasteiger partial charge in [0, 0.05) is 56.4 Å². The van der Waals surface area contributed by atoms with Crippen molar-refractivity contribution in [1.82, 2.24) is 19.8 Å². The van der Waals surface area contributed by atoms with Crippen LogP contribution < -0.4 is 15.8 Å². The van der Waals surface area contributed by atoms with Gasteiger partial charge in [-0.25, -0.2) is 4.98 Å². The van der Waals surface area contributed by atoms with Crippen LogP contribution in [0.3, 0.4) is 0 Å². The van der Waals surface area contributed by atoms with Gasteiger partial charge >= 0.3 is 0 Å². The van der Waals surface area contributed by atoms with Gasteiger partial charge in [-0.1, -0.05) is 18.2 Å². The lowest BCUT2D eigenvalue weighted by molar-refractivity contribution is 0.134. The Morgan fingerprint density at radius 1 is 1.14 bits per heavy atom. The number of rotatable bonds is 3. The highest BCUT2D eigenvalue weighted by Gasteiger charge is 2.39. The molecule has 3 aromatic rings. The summed E-state index contributed by atoms with van der Waals surface area (Å²) in [5, 5.41) is 4.69. The predicted molar refractivity (Wildman–Crippen MR) is 142 cm³/mol. The van der Waals surface area contributed by atoms with Crippen molar-refractivity contribution in [1.29, 1.82) is 0 Å². The zero-order valence-electron chi connectivity index (χ0n) is 21.2. The molecular formula is C29H37N5O. The second kappa shape index (κ2) is 9.07. The molecule has 1 N–H and O–H groups in total. The van der Waals surface area contributed by atoms with Gasteiger partial charge in [0.25, 0.3) is 5.56 Å². The van der Waals surface area contributed by atoms with Crippen molar-refractivity contribution in [3.63, 3.8) is 0 Å². The van der Waals surface area contributed by atoms with Crippen LogP contribution in [-0.2, 0) is 20.0 Å². The van der Waals surface area contributed by atoms with Gasteiger partial charge in [-0.2, -0.15) is 0 Å². The molecule has 3 aliphatic heterocycles. The van der Waals surface area contributed by atoms with Gasteiger partial charge in [0.05, 0.1) is 11.7 Å². The summed E-state index contributed by atoms with van der Waals surface area (Å²) in [6, 6.07) is 14.5. The van der Waals surface area contributed by atoms with E-state index in [1.54, 1.807) is 23.9 Å². The van der Waals surface area contributed by atoms with E-state index >= 15 is 0 Å². The summed E-state index contributed by atoms with van der Waals surface area (Å²) in [6.07, 6.45) is 6.85. The van der Waals surface area contributed by atoms with E-state index in [0.29, 0.717) is 18.1 Å². The second-order valence-corrected chi connectivity index (χ2v) is 11.1. The number of benzene rings is 1. The third kappa shape index (κ3) is 4.17. The normalized spacial score (nSPS) is 27.0. The molecular weight excluding hydrogens is 434 g/mol. The molecule has 6 rings (SSSR count). The standard InChI is InChI=1S/C29H37N5O/c1-19-12-21(6-4-10-30-19)13-22-8-9-24-23(14-22)17-34-20(2)16-33(18-27(24)34)26-15-28(35)32(3)29-25(26)7-5-11-31-29/h5,7-9,11,14-15,19-21,27,30H,4,6,10,12-13,16-18H2,1-3H3/t19-,20-,21?,27-/m1/s1. The molecule has 0 saturated carbocycles. The van der Waals surface area contributed by atoms with E-state index in [9.17, 15) is 4.79 Å². The number of anilines is 1. The summed E-state index contributed by atoms with van der Waals surface area (Å²) in [7, 11) is 1.80. The Labute approximate surface area is 208 Å². The van der Waals surface area contributed by atoms with Crippen molar-refractivity contribution < 1.29 is 0 Å². The molecule has 0 bridgehead atoms. The second-order valence-electron chi connectivity index (χ2n) is 11.1. The third-order valence-corrected chi connectivity index (χ3v) is 8.57. The zero-order valence-corrected chi connectivity index (χ0v) is 21.2. The fourth-order valence-corrected chi connectivity index (χ4v) is 6.78. The minimum atomic E-state index is 0.000720. The monoisotopic (exact) mass is 471 g/mol. The molecule has 1 aromatic carbocycles. The Bertz CT molecular complexity index is 1300. The molecule has 3 aliphatic rings. The number of hydrogen-bond acceptors (Lipinski definition) is 5. The quantitative estimate of drug-likeness (QED) is 0.625. The third-order valence-electron chi connectivity index (χ3n) is 8.57. The number of fused-ring (bicyclic) bond motifs is 4. The lowest BCUT2D eigenvalue weighted by Gasteiger charge is -2.43. The number of nitrogens with one attached hydrogen (secondary N) is 1. The van der Waals surface area contributed by atoms with Gasteiger partial charge in [0.2, 0.25) is 0 Å². The van der Waals surface area contributed by atoms with Crippen LogP contribution in [0.2, 0.25) is 0 Å². The SMILES string of the molecule is C[C@@H]1CC(Cc2ccc3c(c2)CN2[C@H](C)CN(c4cc(=O)n(C)c5ncccc45)C[C@H]32)CCCN1. The maximum Gasteiger partial charge on any atom is 0.253 e. The number of pyridine rings is 2. The highest BCUT2D eigenvalue weighted by Crippen LogP contribution is 2.41. The van der Waals surface area contributed by atoms with Gasteiger partial charge in [-0.15, -0.1) is 0 Å². The van der Waals surface area contributed by atoms with E-state index in [1.807, 2.05) is 6.07 Å². The van der Waals surface area contributed by atoms with Crippen LogP contribution in [0.5, 0.6) is 0 Å². The molecule has 2 fully saturated rings. The smallest absolute Gasteiger partial charge is 0.253 e. The number of hydrogen-bond donors (Lipinski definition) is 1. The van der Waals surface area contributed by atoms with Gasteiger partial charge in [-0.05, 0) is 80.8 Å². The van der Waals surface area contributed by atoms with Crippen molar-refractivity contribution in [2.45, 2.75) is 64.2 Å². The van der Waals surface area contributed by atoms with Crippen LogP contribution in [0.1, 0.15) is 55.8 Å². The maximum atomic E-state index is 12.7. The molecule has 2 saturated heterocycles. The van der Waals surface area contributed by atoms with Crippen LogP contribution >= 0.6 is 0 Å². The Morgan fingerprint density at radius 2 is 2.03 bits per heavy atom. The first kappa shape index (κ1) is 22.7. The average molecular weight is 472 g/mol. The molecule has 6 nitrogen and oxygen atoms in total. The summed E-state index contributed by atoms with van der Waals surface area (Å²) in [6.45, 7) is 8.67. The Balaban J connectivity index is 1.27. The highest BCUT2D eigenvalue weighted by atomic mass is 16.1. The Morgan fingerprint density at radius 3 is 2.91 bits per heavy atom. The number of nitrogens with zero attached hydrogens (tertiary/aromatic N) is 4. The molecule has 0 amide bonds. The number of aryl methyl sites for hydroxylation is 1. The summed E-state index contributed by atoms with van der Waals surface area (Å²) < 4.78 is 1.65. The summed E-state index contributed by atoms with van der Waals surface area (Å²) in [5.74, 6) is 0.777. The first-order valence-corrected chi connectivity index (χ1v) is 13.3. The van der Waals surface area contributed by atoms with Gasteiger partial charge in [0.15, 0.2) is 0 Å². The van der Waals surface area contributed by atoms with Crippen LogP contribution in [0.4, 0.5) is 5.69 Å². The minimum absolute atomic E-state index is 0.000720. The van der Waals surface area contributed by atoms with E-state index in [2.05, 4.69) is 58.2 Å².